The van der Waals surface area contributed by atoms with Gasteiger partial charge in [0.15, 0.2) is 0 Å². The fraction of sp³-hybridized carbons (Fsp3) is 0.714. The quantitative estimate of drug-likeness (QED) is 0.670. The number of benzene rings is 1. The van der Waals surface area contributed by atoms with Crippen LogP contribution in [0.2, 0.25) is 0 Å². The molecule has 1 aromatic rings. The second kappa shape index (κ2) is 7.74. The van der Waals surface area contributed by atoms with Crippen molar-refractivity contribution in [3.63, 3.8) is 0 Å². The average Bonchev–Trinajstić information content (AvgIpc) is 3.41. The van der Waals surface area contributed by atoms with E-state index in [1.165, 1.54) is 38.5 Å². The smallest absolute Gasteiger partial charge is 0.387 e. The molecule has 2 bridgehead atoms. The van der Waals surface area contributed by atoms with Crippen LogP contribution in [0.15, 0.2) is 29.2 Å². The van der Waals surface area contributed by atoms with E-state index in [4.69, 9.17) is 4.74 Å². The van der Waals surface area contributed by atoms with E-state index in [1.54, 1.807) is 24.1 Å². The molecule has 1 aliphatic carbocycles. The van der Waals surface area contributed by atoms with Crippen LogP contribution in [0, 0.1) is 5.41 Å². The van der Waals surface area contributed by atoms with Crippen LogP contribution in [-0.2, 0) is 4.74 Å². The van der Waals surface area contributed by atoms with Crippen molar-refractivity contribution < 1.29 is 18.3 Å². The lowest BCUT2D eigenvalue weighted by Crippen LogP contribution is -2.44. The molecule has 1 saturated carbocycles. The predicted octanol–water partition coefficient (Wildman–Crippen LogP) is 4.40. The van der Waals surface area contributed by atoms with Crippen molar-refractivity contribution in [1.82, 2.24) is 9.21 Å². The molecule has 0 radical (unpaired) electrons. The summed E-state index contributed by atoms with van der Waals surface area (Å²) in [5.41, 5.74) is 0.527. The van der Waals surface area contributed by atoms with Gasteiger partial charge in [0, 0.05) is 36.6 Å². The number of alkyl halides is 2. The van der Waals surface area contributed by atoms with Gasteiger partial charge in [0.05, 0.1) is 12.7 Å². The first-order valence-electron chi connectivity index (χ1n) is 10.4. The van der Waals surface area contributed by atoms with E-state index in [1.807, 2.05) is 12.1 Å². The first-order chi connectivity index (χ1) is 13.6. The zero-order valence-corrected chi connectivity index (χ0v) is 16.9. The van der Waals surface area contributed by atoms with Gasteiger partial charge in [-0.25, -0.2) is 4.31 Å². The van der Waals surface area contributed by atoms with Crippen LogP contribution >= 0.6 is 11.9 Å². The van der Waals surface area contributed by atoms with Gasteiger partial charge in [-0.1, -0.05) is 0 Å². The summed E-state index contributed by atoms with van der Waals surface area (Å²) in [6.07, 6.45) is 8.34. The molecular weight excluding hydrogens is 382 g/mol. The van der Waals surface area contributed by atoms with Crippen molar-refractivity contribution in [3.8, 4) is 5.75 Å². The maximum absolute atomic E-state index is 12.3. The van der Waals surface area contributed by atoms with Crippen LogP contribution in [-0.4, -0.2) is 60.2 Å². The van der Waals surface area contributed by atoms with E-state index in [2.05, 4.69) is 13.9 Å². The Hall–Kier alpha value is -0.890. The van der Waals surface area contributed by atoms with E-state index >= 15 is 0 Å². The molecule has 4 nitrogen and oxygen atoms in total. The minimum Gasteiger partial charge on any atom is -0.435 e. The molecule has 0 amide bonds. The second-order valence-corrected chi connectivity index (χ2v) is 9.98. The molecule has 0 aromatic heterocycles. The standard InChI is InChI=1S/C21H28F2N2O2S/c22-20(23)27-17-1-3-19(4-2-17)28-24-9-7-21(8-10-24)6-5-15(12-21)25-13-18-11-16(25)14-26-18/h1-4,15-16,18,20H,5-14H2/t15?,16-,18+/m1/s1. The van der Waals surface area contributed by atoms with Crippen molar-refractivity contribution in [3.05, 3.63) is 24.3 Å². The topological polar surface area (TPSA) is 24.9 Å². The highest BCUT2D eigenvalue weighted by Crippen LogP contribution is 2.50. The molecule has 4 aliphatic rings. The van der Waals surface area contributed by atoms with Crippen LogP contribution in [0.25, 0.3) is 0 Å². The molecule has 3 atom stereocenters. The Morgan fingerprint density at radius 3 is 2.54 bits per heavy atom. The number of fused-ring (bicyclic) bond motifs is 2. The summed E-state index contributed by atoms with van der Waals surface area (Å²) < 4.78 is 37.2. The molecule has 7 heteroatoms. The maximum Gasteiger partial charge on any atom is 0.387 e. The van der Waals surface area contributed by atoms with Crippen LogP contribution in [0.3, 0.4) is 0 Å². The summed E-state index contributed by atoms with van der Waals surface area (Å²) in [4.78, 5) is 3.84. The number of morpholine rings is 1. The number of nitrogens with zero attached hydrogens (tertiary/aromatic N) is 2. The lowest BCUT2D eigenvalue weighted by molar-refractivity contribution is -0.0498. The van der Waals surface area contributed by atoms with Crippen LogP contribution in [0.5, 0.6) is 5.75 Å². The largest absolute Gasteiger partial charge is 0.435 e. The molecule has 1 unspecified atom stereocenters. The number of likely N-dealkylation sites (tertiary alicyclic amines) is 1. The average molecular weight is 411 g/mol. The van der Waals surface area contributed by atoms with Gasteiger partial charge in [0.2, 0.25) is 0 Å². The Bertz CT molecular complexity index is 681. The molecule has 1 aromatic carbocycles. The van der Waals surface area contributed by atoms with E-state index in [-0.39, 0.29) is 5.75 Å². The summed E-state index contributed by atoms with van der Waals surface area (Å²) in [5, 5.41) is 0. The Morgan fingerprint density at radius 2 is 1.89 bits per heavy atom. The van der Waals surface area contributed by atoms with Gasteiger partial charge in [-0.15, -0.1) is 0 Å². The summed E-state index contributed by atoms with van der Waals surface area (Å²) in [6, 6.07) is 8.41. The summed E-state index contributed by atoms with van der Waals surface area (Å²) >= 11 is 1.73. The van der Waals surface area contributed by atoms with Crippen molar-refractivity contribution >= 4 is 11.9 Å². The maximum atomic E-state index is 12.3. The molecule has 0 N–H and O–H groups in total. The third kappa shape index (κ3) is 3.91. The molecule has 3 aliphatic heterocycles. The van der Waals surface area contributed by atoms with Gasteiger partial charge in [-0.05, 0) is 80.2 Å². The lowest BCUT2D eigenvalue weighted by atomic mass is 9.77. The molecule has 28 heavy (non-hydrogen) atoms. The number of halogens is 2. The SMILES string of the molecule is FC(F)Oc1ccc(SN2CCC3(CCC(N4C[C@@H]5C[C@@H]4CO5)C3)CC2)cc1. The van der Waals surface area contributed by atoms with E-state index in [9.17, 15) is 8.78 Å². The Kier molecular flexibility index (Phi) is 5.28. The normalized spacial score (nSPS) is 32.6. The third-order valence-corrected chi connectivity index (χ3v) is 8.26. The molecule has 4 fully saturated rings. The van der Waals surface area contributed by atoms with E-state index in [0.29, 0.717) is 17.6 Å². The zero-order chi connectivity index (χ0) is 19.1. The number of ether oxygens (including phenoxy) is 2. The van der Waals surface area contributed by atoms with Gasteiger partial charge in [0.1, 0.15) is 5.75 Å². The summed E-state index contributed by atoms with van der Waals surface area (Å²) in [5.74, 6) is 0.218. The van der Waals surface area contributed by atoms with Gasteiger partial charge in [0.25, 0.3) is 0 Å². The fourth-order valence-corrected chi connectivity index (χ4v) is 6.59. The highest BCUT2D eigenvalue weighted by molar-refractivity contribution is 7.97. The van der Waals surface area contributed by atoms with Crippen molar-refractivity contribution in [2.45, 2.75) is 68.2 Å². The summed E-state index contributed by atoms with van der Waals surface area (Å²) in [7, 11) is 0. The van der Waals surface area contributed by atoms with Gasteiger partial charge < -0.3 is 9.47 Å². The Balaban J connectivity index is 1.12. The number of hydrogen-bond acceptors (Lipinski definition) is 5. The minimum absolute atomic E-state index is 0.218. The van der Waals surface area contributed by atoms with Crippen LogP contribution in [0.4, 0.5) is 8.78 Å². The molecule has 3 heterocycles. The third-order valence-electron chi connectivity index (χ3n) is 7.15. The first-order valence-corrected chi connectivity index (χ1v) is 11.2. The van der Waals surface area contributed by atoms with Crippen molar-refractivity contribution in [2.24, 2.45) is 5.41 Å². The number of rotatable bonds is 5. The van der Waals surface area contributed by atoms with Crippen molar-refractivity contribution in [1.29, 1.82) is 0 Å². The Morgan fingerprint density at radius 1 is 1.11 bits per heavy atom. The fourth-order valence-electron chi connectivity index (χ4n) is 5.67. The number of piperidine rings is 1. The van der Waals surface area contributed by atoms with Crippen molar-refractivity contribution in [2.75, 3.05) is 26.2 Å². The highest BCUT2D eigenvalue weighted by Gasteiger charge is 2.48. The lowest BCUT2D eigenvalue weighted by Gasteiger charge is -2.40. The molecule has 5 rings (SSSR count). The van der Waals surface area contributed by atoms with Crippen LogP contribution < -0.4 is 4.74 Å². The second-order valence-electron chi connectivity index (χ2n) is 8.81. The van der Waals surface area contributed by atoms with Gasteiger partial charge in [-0.3, -0.25) is 4.90 Å². The summed E-state index contributed by atoms with van der Waals surface area (Å²) in [6.45, 7) is 1.53. The molecule has 1 spiro atoms. The molecule has 3 saturated heterocycles. The van der Waals surface area contributed by atoms with E-state index < -0.39 is 6.61 Å². The minimum atomic E-state index is -2.77. The molecule has 154 valence electrons. The zero-order valence-electron chi connectivity index (χ0n) is 16.1. The first kappa shape index (κ1) is 19.1. The van der Waals surface area contributed by atoms with Gasteiger partial charge in [-0.2, -0.15) is 8.78 Å². The highest BCUT2D eigenvalue weighted by atomic mass is 32.2. The van der Waals surface area contributed by atoms with Gasteiger partial charge >= 0.3 is 6.61 Å². The molecular formula is C21H28F2N2O2S. The monoisotopic (exact) mass is 410 g/mol. The van der Waals surface area contributed by atoms with E-state index in [0.717, 1.165) is 37.2 Å². The Labute approximate surface area is 169 Å². The predicted molar refractivity (Wildman–Crippen MR) is 105 cm³/mol. The number of hydrogen-bond donors (Lipinski definition) is 0. The van der Waals surface area contributed by atoms with Crippen LogP contribution in [0.1, 0.15) is 38.5 Å².